The van der Waals surface area contributed by atoms with Gasteiger partial charge in [0.25, 0.3) is 0 Å². The van der Waals surface area contributed by atoms with Crippen LogP contribution in [0.4, 0.5) is 0 Å². The van der Waals surface area contributed by atoms with Gasteiger partial charge >= 0.3 is 5.97 Å². The van der Waals surface area contributed by atoms with Crippen molar-refractivity contribution < 1.29 is 30.0 Å². The lowest BCUT2D eigenvalue weighted by Crippen LogP contribution is -2.69. The summed E-state index contributed by atoms with van der Waals surface area (Å²) in [4.78, 5) is 12.2. The van der Waals surface area contributed by atoms with Crippen molar-refractivity contribution in [2.24, 2.45) is 23.2 Å². The summed E-state index contributed by atoms with van der Waals surface area (Å²) < 4.78 is 5.36. The van der Waals surface area contributed by atoms with Crippen LogP contribution in [0.3, 0.4) is 0 Å². The van der Waals surface area contributed by atoms with E-state index in [-0.39, 0.29) is 31.3 Å². The molecule has 4 N–H and O–H groups in total. The van der Waals surface area contributed by atoms with E-state index in [0.29, 0.717) is 6.42 Å². The zero-order valence-electron chi connectivity index (χ0n) is 17.9. The molecule has 7 atom stereocenters. The van der Waals surface area contributed by atoms with Gasteiger partial charge in [-0.15, -0.1) is 0 Å². The molecule has 0 radical (unpaired) electrons. The maximum atomic E-state index is 12.2. The molecule has 2 aliphatic carbocycles. The number of hydrogen-bond acceptors (Lipinski definition) is 6. The number of fused-ring (bicyclic) bond motifs is 1. The van der Waals surface area contributed by atoms with Crippen LogP contribution < -0.4 is 0 Å². The molecule has 30 heavy (non-hydrogen) atoms. The Balaban J connectivity index is 1.78. The monoisotopic (exact) mass is 418 g/mol. The van der Waals surface area contributed by atoms with Gasteiger partial charge in [-0.05, 0) is 42.7 Å². The normalized spacial score (nSPS) is 39.1. The fourth-order valence-corrected chi connectivity index (χ4v) is 5.45. The van der Waals surface area contributed by atoms with Gasteiger partial charge in [-0.25, -0.2) is 4.79 Å². The molecule has 2 fully saturated rings. The first-order valence-electron chi connectivity index (χ1n) is 10.8. The van der Waals surface area contributed by atoms with E-state index in [1.807, 2.05) is 44.2 Å². The van der Waals surface area contributed by atoms with Gasteiger partial charge in [0, 0.05) is 17.4 Å². The third-order valence-electron chi connectivity index (χ3n) is 7.34. The number of aliphatic hydroxyl groups excluding tert-OH is 3. The molecule has 1 aromatic rings. The Morgan fingerprint density at radius 1 is 1.20 bits per heavy atom. The van der Waals surface area contributed by atoms with Crippen LogP contribution >= 0.6 is 0 Å². The highest BCUT2D eigenvalue weighted by molar-refractivity contribution is 5.87. The molecule has 6 heteroatoms. The topological polar surface area (TPSA) is 107 Å². The summed E-state index contributed by atoms with van der Waals surface area (Å²) in [5.41, 5.74) is -1.76. The summed E-state index contributed by atoms with van der Waals surface area (Å²) in [6.45, 7) is 5.35. The highest BCUT2D eigenvalue weighted by Crippen LogP contribution is 2.56. The number of rotatable bonds is 5. The van der Waals surface area contributed by atoms with Crippen molar-refractivity contribution in [3.8, 4) is 0 Å². The van der Waals surface area contributed by atoms with Crippen molar-refractivity contribution in [1.82, 2.24) is 0 Å². The largest absolute Gasteiger partial charge is 0.459 e. The van der Waals surface area contributed by atoms with E-state index >= 15 is 0 Å². The molecule has 0 spiro atoms. The Morgan fingerprint density at radius 3 is 2.50 bits per heavy atom. The number of aliphatic hydroxyl groups is 4. The first kappa shape index (κ1) is 22.9. The van der Waals surface area contributed by atoms with E-state index in [0.717, 1.165) is 5.56 Å². The fourth-order valence-electron chi connectivity index (χ4n) is 5.45. The van der Waals surface area contributed by atoms with Gasteiger partial charge in [0.05, 0.1) is 18.3 Å². The Kier molecular flexibility index (Phi) is 6.72. The fraction of sp³-hybridized carbons (Fsp3) is 0.625. The molecule has 6 nitrogen and oxygen atoms in total. The number of carbonyl (C=O) groups excluding carboxylic acids is 1. The van der Waals surface area contributed by atoms with E-state index in [1.165, 1.54) is 6.08 Å². The molecular weight excluding hydrogens is 384 g/mol. The molecule has 0 heterocycles. The molecular formula is C24H34O6. The molecule has 2 saturated carbocycles. The quantitative estimate of drug-likeness (QED) is 0.431. The Morgan fingerprint density at radius 2 is 1.87 bits per heavy atom. The molecule has 0 bridgehead atoms. The van der Waals surface area contributed by atoms with Crippen molar-refractivity contribution in [2.75, 3.05) is 6.61 Å². The van der Waals surface area contributed by atoms with E-state index in [1.54, 1.807) is 13.0 Å². The molecule has 166 valence electrons. The van der Waals surface area contributed by atoms with E-state index in [9.17, 15) is 25.2 Å². The zero-order chi connectivity index (χ0) is 22.1. The summed E-state index contributed by atoms with van der Waals surface area (Å²) in [6.07, 6.45) is 1.10. The molecule has 0 aromatic heterocycles. The summed E-state index contributed by atoms with van der Waals surface area (Å²) in [6, 6.07) is 9.33. The summed E-state index contributed by atoms with van der Waals surface area (Å²) in [5, 5.41) is 44.2. The Bertz CT molecular complexity index is 762. The van der Waals surface area contributed by atoms with Gasteiger partial charge in [-0.2, -0.15) is 0 Å². The van der Waals surface area contributed by atoms with E-state index in [2.05, 4.69) is 0 Å². The van der Waals surface area contributed by atoms with Gasteiger partial charge in [0.1, 0.15) is 12.2 Å². The van der Waals surface area contributed by atoms with Gasteiger partial charge < -0.3 is 25.2 Å². The molecule has 2 aliphatic rings. The van der Waals surface area contributed by atoms with Crippen LogP contribution in [-0.4, -0.2) is 56.9 Å². The van der Waals surface area contributed by atoms with Crippen LogP contribution in [0.2, 0.25) is 0 Å². The van der Waals surface area contributed by atoms with Crippen LogP contribution in [0.25, 0.3) is 6.08 Å². The minimum absolute atomic E-state index is 0.0962. The molecule has 0 saturated heterocycles. The molecule has 3 rings (SSSR count). The number of ether oxygens (including phenoxy) is 1. The van der Waals surface area contributed by atoms with Crippen LogP contribution in [-0.2, 0) is 9.53 Å². The maximum Gasteiger partial charge on any atom is 0.330 e. The average Bonchev–Trinajstić information content (AvgIpc) is 2.71. The predicted molar refractivity (Wildman–Crippen MR) is 113 cm³/mol. The SMILES string of the molecule is CC(C)[C@@H]1C[C@@H](O)[C@@]2(C)[C@H]([C@@H]1O)[C@](O)(COC(=O)/C=C/c1ccccc1)CC[C@@H]2O. The second-order valence-electron chi connectivity index (χ2n) is 9.50. The number of benzene rings is 1. The average molecular weight is 419 g/mol. The van der Waals surface area contributed by atoms with Crippen molar-refractivity contribution in [1.29, 1.82) is 0 Å². The van der Waals surface area contributed by atoms with E-state index < -0.39 is 41.2 Å². The molecule has 1 aromatic carbocycles. The van der Waals surface area contributed by atoms with Crippen molar-refractivity contribution in [2.45, 2.75) is 63.9 Å². The maximum absolute atomic E-state index is 12.2. The lowest BCUT2D eigenvalue weighted by Gasteiger charge is -2.61. The standard InChI is InChI=1S/C24H34O6/c1-15(2)17-13-19(26)23(3)18(25)11-12-24(29,22(23)21(17)28)14-30-20(27)10-9-16-7-5-4-6-8-16/h4-10,15,17-19,21-22,25-26,28-29H,11-14H2,1-3H3/b10-9+/t17-,18-,19+,21+,22-,23-,24+/m0/s1. The number of esters is 1. The first-order valence-corrected chi connectivity index (χ1v) is 10.8. The van der Waals surface area contributed by atoms with Crippen molar-refractivity contribution >= 4 is 12.0 Å². The van der Waals surface area contributed by atoms with Gasteiger partial charge in [-0.1, -0.05) is 51.1 Å². The summed E-state index contributed by atoms with van der Waals surface area (Å²) in [5.74, 6) is -1.52. The first-order chi connectivity index (χ1) is 14.1. The van der Waals surface area contributed by atoms with Crippen molar-refractivity contribution in [3.05, 3.63) is 42.0 Å². The van der Waals surface area contributed by atoms with Gasteiger partial charge in [-0.3, -0.25) is 0 Å². The van der Waals surface area contributed by atoms with E-state index in [4.69, 9.17) is 4.74 Å². The lowest BCUT2D eigenvalue weighted by molar-refractivity contribution is -0.268. The second kappa shape index (κ2) is 8.79. The van der Waals surface area contributed by atoms with Crippen LogP contribution in [0, 0.1) is 23.2 Å². The highest BCUT2D eigenvalue weighted by atomic mass is 16.5. The van der Waals surface area contributed by atoms with Crippen LogP contribution in [0.15, 0.2) is 36.4 Å². The number of hydrogen-bond donors (Lipinski definition) is 4. The smallest absolute Gasteiger partial charge is 0.330 e. The molecule has 0 unspecified atom stereocenters. The lowest BCUT2D eigenvalue weighted by atomic mass is 9.49. The summed E-state index contributed by atoms with van der Waals surface area (Å²) in [7, 11) is 0. The third-order valence-corrected chi connectivity index (χ3v) is 7.34. The number of carbonyl (C=O) groups is 1. The van der Waals surface area contributed by atoms with Crippen LogP contribution in [0.5, 0.6) is 0 Å². The highest BCUT2D eigenvalue weighted by Gasteiger charge is 2.64. The zero-order valence-corrected chi connectivity index (χ0v) is 17.9. The molecule has 0 amide bonds. The van der Waals surface area contributed by atoms with Gasteiger partial charge in [0.15, 0.2) is 0 Å². The second-order valence-corrected chi connectivity index (χ2v) is 9.50. The molecule has 0 aliphatic heterocycles. The summed E-state index contributed by atoms with van der Waals surface area (Å²) >= 11 is 0. The Labute approximate surface area is 178 Å². The van der Waals surface area contributed by atoms with Gasteiger partial charge in [0.2, 0.25) is 0 Å². The minimum Gasteiger partial charge on any atom is -0.459 e. The minimum atomic E-state index is -1.53. The predicted octanol–water partition coefficient (Wildman–Crippen LogP) is 2.15. The van der Waals surface area contributed by atoms with Crippen molar-refractivity contribution in [3.63, 3.8) is 0 Å². The Hall–Kier alpha value is -1.73. The third kappa shape index (κ3) is 4.19. The van der Waals surface area contributed by atoms with Crippen LogP contribution in [0.1, 0.15) is 45.6 Å².